The number of carbonyl (C=O) groups is 2. The van der Waals surface area contributed by atoms with Gasteiger partial charge in [0.15, 0.2) is 0 Å². The van der Waals surface area contributed by atoms with Gasteiger partial charge in [-0.25, -0.2) is 9.97 Å². The minimum absolute atomic E-state index is 0.332. The molecule has 2 fully saturated rings. The molecule has 2 amide bonds. The third-order valence-electron chi connectivity index (χ3n) is 6.92. The van der Waals surface area contributed by atoms with E-state index in [9.17, 15) is 9.59 Å². The van der Waals surface area contributed by atoms with Crippen molar-refractivity contribution < 1.29 is 9.59 Å². The van der Waals surface area contributed by atoms with E-state index in [2.05, 4.69) is 20.1 Å². The van der Waals surface area contributed by atoms with E-state index in [0.717, 1.165) is 45.6 Å². The normalized spacial score (nSPS) is 21.6. The molecule has 0 bridgehead atoms. The average molecular weight is 477 g/mol. The van der Waals surface area contributed by atoms with Crippen LogP contribution in [0.15, 0.2) is 29.1 Å². The summed E-state index contributed by atoms with van der Waals surface area (Å²) in [6, 6.07) is 4.44. The Hall–Kier alpha value is -3.08. The number of anilines is 1. The second-order valence-corrected chi connectivity index (χ2v) is 10.5. The summed E-state index contributed by atoms with van der Waals surface area (Å²) in [5.41, 5.74) is 1.97. The first-order chi connectivity index (χ1) is 16.2. The molecule has 7 heterocycles. The molecule has 2 saturated heterocycles. The summed E-state index contributed by atoms with van der Waals surface area (Å²) in [7, 11) is 0. The highest BCUT2D eigenvalue weighted by Crippen LogP contribution is 2.39. The fourth-order valence-corrected chi connectivity index (χ4v) is 6.87. The summed E-state index contributed by atoms with van der Waals surface area (Å²) in [5, 5.41) is 8.18. The largest absolute Gasteiger partial charge is 0.352 e. The monoisotopic (exact) mass is 476 g/mol. The Labute approximate surface area is 196 Å². The molecule has 3 aliphatic rings. The van der Waals surface area contributed by atoms with Gasteiger partial charge in [0.05, 0.1) is 16.8 Å². The number of aromatic nitrogens is 3. The van der Waals surface area contributed by atoms with Crippen molar-refractivity contribution in [2.24, 2.45) is 0 Å². The number of thiophene rings is 2. The zero-order valence-corrected chi connectivity index (χ0v) is 19.3. The van der Waals surface area contributed by atoms with E-state index in [1.165, 1.54) is 30.7 Å². The lowest BCUT2D eigenvalue weighted by Gasteiger charge is -2.37. The van der Waals surface area contributed by atoms with Crippen LogP contribution in [0.2, 0.25) is 0 Å². The van der Waals surface area contributed by atoms with Crippen LogP contribution in [-0.4, -0.2) is 63.9 Å². The van der Waals surface area contributed by atoms with Gasteiger partial charge < -0.3 is 9.88 Å². The van der Waals surface area contributed by atoms with Gasteiger partial charge in [0, 0.05) is 48.2 Å². The van der Waals surface area contributed by atoms with Gasteiger partial charge in [-0.3, -0.25) is 19.8 Å². The number of nitrogens with one attached hydrogen (secondary N) is 2. The molecule has 33 heavy (non-hydrogen) atoms. The van der Waals surface area contributed by atoms with Crippen molar-refractivity contribution in [2.45, 2.75) is 18.9 Å². The Morgan fingerprint density at radius 1 is 0.970 bits per heavy atom. The summed E-state index contributed by atoms with van der Waals surface area (Å²) in [5.74, 6) is -0.150. The number of H-pyrrole nitrogens is 1. The van der Waals surface area contributed by atoms with Gasteiger partial charge in [0.1, 0.15) is 9.66 Å². The minimum atomic E-state index is -0.405. The van der Waals surface area contributed by atoms with Gasteiger partial charge in [-0.1, -0.05) is 0 Å². The molecule has 0 aliphatic carbocycles. The molecule has 4 aromatic heterocycles. The lowest BCUT2D eigenvalue weighted by molar-refractivity contribution is -0.122. The van der Waals surface area contributed by atoms with Crippen molar-refractivity contribution in [2.75, 3.05) is 31.1 Å². The van der Waals surface area contributed by atoms with Crippen LogP contribution in [0.5, 0.6) is 0 Å². The van der Waals surface area contributed by atoms with E-state index in [0.29, 0.717) is 28.8 Å². The maximum atomic E-state index is 13.1. The van der Waals surface area contributed by atoms with E-state index in [1.807, 2.05) is 22.9 Å². The Balaban J connectivity index is 1.41. The molecule has 0 spiro atoms. The number of imide groups is 1. The Morgan fingerprint density at radius 2 is 1.82 bits per heavy atom. The Morgan fingerprint density at radius 3 is 2.76 bits per heavy atom. The van der Waals surface area contributed by atoms with E-state index in [-0.39, 0.29) is 5.91 Å². The van der Waals surface area contributed by atoms with Crippen LogP contribution in [-0.2, 0) is 9.59 Å². The van der Waals surface area contributed by atoms with Crippen LogP contribution < -0.4 is 10.2 Å². The van der Waals surface area contributed by atoms with Crippen molar-refractivity contribution >= 4 is 72.0 Å². The number of fused-ring (bicyclic) bond motifs is 3. The SMILES string of the molecule is O=C1NC(=O)C(c2c[nH]c3sccc23)=C1c1nc(N2CCN3CCC[C@H]3C2)nc2sccc12. The zero-order valence-electron chi connectivity index (χ0n) is 17.6. The lowest BCUT2D eigenvalue weighted by Crippen LogP contribution is -2.50. The van der Waals surface area contributed by atoms with Gasteiger partial charge in [-0.05, 0) is 42.3 Å². The summed E-state index contributed by atoms with van der Waals surface area (Å²) in [6.45, 7) is 3.91. The summed E-state index contributed by atoms with van der Waals surface area (Å²) < 4.78 is 0. The lowest BCUT2D eigenvalue weighted by atomic mass is 9.98. The second-order valence-electron chi connectivity index (χ2n) is 8.69. The smallest absolute Gasteiger partial charge is 0.261 e. The predicted molar refractivity (Wildman–Crippen MR) is 130 cm³/mol. The highest BCUT2D eigenvalue weighted by atomic mass is 32.1. The number of carbonyl (C=O) groups excluding carboxylic acids is 2. The van der Waals surface area contributed by atoms with E-state index in [4.69, 9.17) is 9.97 Å². The molecule has 0 saturated carbocycles. The molecule has 7 rings (SSSR count). The first-order valence-corrected chi connectivity index (χ1v) is 12.8. The maximum Gasteiger partial charge on any atom is 0.261 e. The number of rotatable bonds is 3. The molecule has 1 atom stereocenters. The van der Waals surface area contributed by atoms with Crippen LogP contribution in [0, 0.1) is 0 Å². The zero-order chi connectivity index (χ0) is 22.1. The number of aromatic amines is 1. The van der Waals surface area contributed by atoms with Crippen LogP contribution in [0.3, 0.4) is 0 Å². The molecule has 4 aromatic rings. The van der Waals surface area contributed by atoms with Crippen molar-refractivity contribution in [1.29, 1.82) is 0 Å². The fraction of sp³-hybridized carbons (Fsp3) is 0.304. The molecule has 2 N–H and O–H groups in total. The molecular formula is C23H20N6O2S2. The highest BCUT2D eigenvalue weighted by molar-refractivity contribution is 7.17. The molecule has 0 unspecified atom stereocenters. The molecule has 0 radical (unpaired) electrons. The molecular weight excluding hydrogens is 456 g/mol. The van der Waals surface area contributed by atoms with Crippen LogP contribution in [0.1, 0.15) is 24.1 Å². The van der Waals surface area contributed by atoms with Crippen molar-refractivity contribution in [3.63, 3.8) is 0 Å². The van der Waals surface area contributed by atoms with Crippen molar-refractivity contribution in [3.8, 4) is 0 Å². The van der Waals surface area contributed by atoms with Gasteiger partial charge in [-0.2, -0.15) is 0 Å². The Bertz CT molecular complexity index is 1480. The summed E-state index contributed by atoms with van der Waals surface area (Å²) in [4.78, 5) is 45.6. The highest BCUT2D eigenvalue weighted by Gasteiger charge is 2.37. The van der Waals surface area contributed by atoms with E-state index in [1.54, 1.807) is 17.5 Å². The van der Waals surface area contributed by atoms with Crippen LogP contribution in [0.25, 0.3) is 31.6 Å². The predicted octanol–water partition coefficient (Wildman–Crippen LogP) is 3.09. The van der Waals surface area contributed by atoms with E-state index >= 15 is 0 Å². The first kappa shape index (κ1) is 19.4. The van der Waals surface area contributed by atoms with Gasteiger partial charge >= 0.3 is 0 Å². The van der Waals surface area contributed by atoms with Gasteiger partial charge in [0.25, 0.3) is 11.8 Å². The molecule has 8 nitrogen and oxygen atoms in total. The van der Waals surface area contributed by atoms with Crippen LogP contribution >= 0.6 is 22.7 Å². The molecule has 3 aliphatic heterocycles. The maximum absolute atomic E-state index is 13.1. The molecule has 0 aromatic carbocycles. The first-order valence-electron chi connectivity index (χ1n) is 11.1. The second kappa shape index (κ2) is 7.21. The number of piperazine rings is 1. The van der Waals surface area contributed by atoms with Gasteiger partial charge in [-0.15, -0.1) is 22.7 Å². The standard InChI is InChI=1S/C23H20N6O2S2/c30-19-16(15-10-24-21-13(15)3-8-32-21)17(20(31)26-19)18-14-4-9-33-22(14)27-23(25-18)29-7-6-28-5-1-2-12(28)11-29/h3-4,8-10,12,24H,1-2,5-7,11H2,(H,26,30,31)/t12-/m0/s1. The number of amides is 2. The van der Waals surface area contributed by atoms with E-state index < -0.39 is 5.91 Å². The van der Waals surface area contributed by atoms with Crippen molar-refractivity contribution in [1.82, 2.24) is 25.2 Å². The van der Waals surface area contributed by atoms with Crippen LogP contribution in [0.4, 0.5) is 5.95 Å². The Kier molecular flexibility index (Phi) is 4.24. The minimum Gasteiger partial charge on any atom is -0.352 e. The summed E-state index contributed by atoms with van der Waals surface area (Å²) >= 11 is 3.10. The molecule has 10 heteroatoms. The van der Waals surface area contributed by atoms with Crippen molar-refractivity contribution in [3.05, 3.63) is 40.3 Å². The number of hydrogen-bond donors (Lipinski definition) is 2. The van der Waals surface area contributed by atoms with Gasteiger partial charge in [0.2, 0.25) is 5.95 Å². The number of hydrogen-bond acceptors (Lipinski definition) is 8. The third kappa shape index (κ3) is 2.91. The quantitative estimate of drug-likeness (QED) is 0.442. The average Bonchev–Trinajstić information content (AvgIpc) is 3.61. The fourth-order valence-electron chi connectivity index (χ4n) is 5.34. The third-order valence-corrected chi connectivity index (χ3v) is 8.58. The molecule has 166 valence electrons. The topological polar surface area (TPSA) is 94.2 Å². The summed E-state index contributed by atoms with van der Waals surface area (Å²) in [6.07, 6.45) is 4.24. The number of nitrogens with zero attached hydrogens (tertiary/aromatic N) is 4.